The van der Waals surface area contributed by atoms with E-state index in [1.165, 1.54) is 13.8 Å². The summed E-state index contributed by atoms with van der Waals surface area (Å²) in [4.78, 5) is 2.31. The zero-order valence-electron chi connectivity index (χ0n) is 7.26. The van der Waals surface area contributed by atoms with Gasteiger partial charge in [0.15, 0.2) is 0 Å². The topological polar surface area (TPSA) is 105 Å². The van der Waals surface area contributed by atoms with Crippen LogP contribution in [0.1, 0.15) is 13.8 Å². The molecule has 13 heavy (non-hydrogen) atoms. The van der Waals surface area contributed by atoms with Gasteiger partial charge in [-0.2, -0.15) is 0 Å². The molecule has 0 aromatic rings. The Kier molecular flexibility index (Phi) is 3.77. The van der Waals surface area contributed by atoms with Gasteiger partial charge in [-0.3, -0.25) is 0 Å². The van der Waals surface area contributed by atoms with Gasteiger partial charge < -0.3 is 5.53 Å². The average Bonchev–Trinajstić information content (AvgIpc) is 2.05. The molecule has 0 radical (unpaired) electrons. The third-order valence-electron chi connectivity index (χ3n) is 1.37. The van der Waals surface area contributed by atoms with Crippen molar-refractivity contribution in [3.05, 3.63) is 5.53 Å². The summed E-state index contributed by atoms with van der Waals surface area (Å²) in [5.74, 6) is -0.822. The molecule has 0 aromatic carbocycles. The molecule has 0 aliphatic rings. The molecule has 0 heterocycles. The highest BCUT2D eigenvalue weighted by atomic mass is 32.3. The zero-order valence-corrected chi connectivity index (χ0v) is 8.89. The smallest absolute Gasteiger partial charge is 0.359 e. The molecular formula is C5H10N2O4S2. The van der Waals surface area contributed by atoms with E-state index in [1.807, 2.05) is 0 Å². The Morgan fingerprint density at radius 1 is 1.08 bits per heavy atom. The fraction of sp³-hybridized carbons (Fsp3) is 0.800. The van der Waals surface area contributed by atoms with Gasteiger partial charge in [0.25, 0.3) is 19.7 Å². The van der Waals surface area contributed by atoms with Crippen LogP contribution in [0.5, 0.6) is 0 Å². The number of hydrogen-bond acceptors (Lipinski definition) is 4. The molecule has 0 rings (SSSR count). The monoisotopic (exact) mass is 226 g/mol. The molecule has 0 aliphatic carbocycles. The van der Waals surface area contributed by atoms with E-state index in [1.54, 1.807) is 0 Å². The summed E-state index contributed by atoms with van der Waals surface area (Å²) in [6, 6.07) is 0. The van der Waals surface area contributed by atoms with Crippen molar-refractivity contribution in [1.82, 2.24) is 0 Å². The van der Waals surface area contributed by atoms with Crippen LogP contribution in [0.3, 0.4) is 0 Å². The summed E-state index contributed by atoms with van der Waals surface area (Å²) in [7, 11) is -7.94. The van der Waals surface area contributed by atoms with Crippen LogP contribution in [0, 0.1) is 0 Å². The molecule has 0 amide bonds. The molecule has 0 aromatic heterocycles. The number of hydrogen-bond donors (Lipinski definition) is 0. The van der Waals surface area contributed by atoms with Crippen LogP contribution in [0.4, 0.5) is 0 Å². The molecule has 0 saturated heterocycles. The maximum absolute atomic E-state index is 11.1. The highest BCUT2D eigenvalue weighted by molar-refractivity contribution is 8.30. The molecule has 0 unspecified atom stereocenters. The molecule has 0 aliphatic heterocycles. The van der Waals surface area contributed by atoms with E-state index in [9.17, 15) is 16.8 Å². The Morgan fingerprint density at radius 2 is 1.38 bits per heavy atom. The molecule has 0 spiro atoms. The summed E-state index contributed by atoms with van der Waals surface area (Å²) in [6.07, 6.45) is 0. The Morgan fingerprint density at radius 3 is 1.54 bits per heavy atom. The van der Waals surface area contributed by atoms with Crippen LogP contribution < -0.4 is 0 Å². The SMILES string of the molecule is CCS(=O)(=O)C(=[N+]=[N-])S(=O)(=O)CC. The molecule has 8 heteroatoms. The molecule has 76 valence electrons. The molecular weight excluding hydrogens is 216 g/mol. The van der Waals surface area contributed by atoms with E-state index in [2.05, 4.69) is 4.79 Å². The minimum Gasteiger partial charge on any atom is -0.359 e. The van der Waals surface area contributed by atoms with Crippen LogP contribution >= 0.6 is 0 Å². The molecule has 0 N–H and O–H groups in total. The second-order valence-corrected chi connectivity index (χ2v) is 6.82. The summed E-state index contributed by atoms with van der Waals surface area (Å²) in [6.45, 7) is 2.54. The van der Waals surface area contributed by atoms with Gasteiger partial charge in [-0.15, -0.1) is 4.79 Å². The van der Waals surface area contributed by atoms with Gasteiger partial charge in [0.05, 0.1) is 11.5 Å². The van der Waals surface area contributed by atoms with Crippen molar-refractivity contribution in [2.24, 2.45) is 0 Å². The number of nitrogens with zero attached hydrogens (tertiary/aromatic N) is 2. The van der Waals surface area contributed by atoms with E-state index < -0.39 is 35.6 Å². The molecule has 0 bridgehead atoms. The maximum atomic E-state index is 11.1. The van der Waals surface area contributed by atoms with Crippen molar-refractivity contribution in [2.45, 2.75) is 13.8 Å². The molecule has 6 nitrogen and oxygen atoms in total. The van der Waals surface area contributed by atoms with Crippen LogP contribution in [0.2, 0.25) is 0 Å². The van der Waals surface area contributed by atoms with E-state index in [0.29, 0.717) is 0 Å². The van der Waals surface area contributed by atoms with E-state index in [0.717, 1.165) is 0 Å². The van der Waals surface area contributed by atoms with Gasteiger partial charge in [-0.1, -0.05) is 13.8 Å². The summed E-state index contributed by atoms with van der Waals surface area (Å²) < 4.78 is 43.1. The van der Waals surface area contributed by atoms with E-state index in [-0.39, 0.29) is 0 Å². The van der Waals surface area contributed by atoms with Crippen LogP contribution in [0.25, 0.3) is 5.53 Å². The lowest BCUT2D eigenvalue weighted by molar-refractivity contribution is 0.00383. The van der Waals surface area contributed by atoms with E-state index >= 15 is 0 Å². The zero-order chi connectivity index (χ0) is 10.7. The fourth-order valence-corrected chi connectivity index (χ4v) is 3.56. The highest BCUT2D eigenvalue weighted by Crippen LogP contribution is 2.01. The first-order valence-electron chi connectivity index (χ1n) is 3.49. The van der Waals surface area contributed by atoms with Crippen molar-refractivity contribution in [3.63, 3.8) is 0 Å². The first-order valence-corrected chi connectivity index (χ1v) is 6.79. The van der Waals surface area contributed by atoms with Crippen molar-refractivity contribution < 1.29 is 21.6 Å². The minimum absolute atomic E-state index is 0.411. The lowest BCUT2D eigenvalue weighted by Crippen LogP contribution is -2.28. The van der Waals surface area contributed by atoms with Gasteiger partial charge in [-0.05, 0) is 0 Å². The van der Waals surface area contributed by atoms with Crippen molar-refractivity contribution in [1.29, 1.82) is 0 Å². The average molecular weight is 226 g/mol. The predicted octanol–water partition coefficient (Wildman–Crippen LogP) is -0.558. The Hall–Kier alpha value is -0.720. The third kappa shape index (κ3) is 2.61. The Balaban J connectivity index is 5.62. The van der Waals surface area contributed by atoms with Crippen LogP contribution in [0.15, 0.2) is 0 Å². The van der Waals surface area contributed by atoms with Crippen LogP contribution in [-0.4, -0.2) is 37.5 Å². The lowest BCUT2D eigenvalue weighted by atomic mass is 11.0. The van der Waals surface area contributed by atoms with Crippen molar-refractivity contribution >= 4 is 24.1 Å². The minimum atomic E-state index is -3.97. The summed E-state index contributed by atoms with van der Waals surface area (Å²) in [5, 5.41) is 0. The highest BCUT2D eigenvalue weighted by Gasteiger charge is 2.38. The van der Waals surface area contributed by atoms with Crippen LogP contribution in [-0.2, 0) is 19.7 Å². The lowest BCUT2D eigenvalue weighted by Gasteiger charge is -1.94. The maximum Gasteiger partial charge on any atom is 0.495 e. The van der Waals surface area contributed by atoms with Gasteiger partial charge in [0, 0.05) is 0 Å². The van der Waals surface area contributed by atoms with E-state index in [4.69, 9.17) is 5.53 Å². The van der Waals surface area contributed by atoms with Crippen molar-refractivity contribution in [2.75, 3.05) is 11.5 Å². The predicted molar refractivity (Wildman–Crippen MR) is 47.5 cm³/mol. The second kappa shape index (κ2) is 3.99. The molecule has 0 atom stereocenters. The second-order valence-electron chi connectivity index (χ2n) is 2.17. The quantitative estimate of drug-likeness (QED) is 0.272. The fourth-order valence-electron chi connectivity index (χ4n) is 0.565. The molecule has 0 saturated carbocycles. The number of rotatable bonds is 2. The summed E-state index contributed by atoms with van der Waals surface area (Å²) >= 11 is 0. The number of sulfone groups is 2. The third-order valence-corrected chi connectivity index (χ3v) is 5.65. The largest absolute Gasteiger partial charge is 0.495 e. The first kappa shape index (κ1) is 12.3. The summed E-state index contributed by atoms with van der Waals surface area (Å²) in [5.41, 5.74) is 8.29. The van der Waals surface area contributed by atoms with Gasteiger partial charge in [0.1, 0.15) is 0 Å². The standard InChI is InChI=1S/C5H10N2O4S2/c1-3-12(8,9)5(7-6)13(10,11)4-2/h3-4H2,1-2H3. The normalized spacial score (nSPS) is 12.2. The first-order chi connectivity index (χ1) is 5.81. The Bertz CT molecular complexity index is 391. The molecule has 0 fully saturated rings. The van der Waals surface area contributed by atoms with Gasteiger partial charge in [0.2, 0.25) is 0 Å². The van der Waals surface area contributed by atoms with Gasteiger partial charge >= 0.3 is 4.38 Å². The Labute approximate surface area is 77.0 Å². The van der Waals surface area contributed by atoms with Gasteiger partial charge in [-0.25, -0.2) is 16.8 Å². The van der Waals surface area contributed by atoms with Crippen molar-refractivity contribution in [3.8, 4) is 0 Å².